The third-order valence-corrected chi connectivity index (χ3v) is 4.88. The largest absolute Gasteiger partial charge is 0.0810 e. The predicted octanol–water partition coefficient (Wildman–Crippen LogP) is 4.73. The van der Waals surface area contributed by atoms with Gasteiger partial charge in [-0.25, -0.2) is 0 Å². The molecular formula is C17H22. The summed E-state index contributed by atoms with van der Waals surface area (Å²) >= 11 is 0. The third kappa shape index (κ3) is 1.50. The fourth-order valence-electron chi connectivity index (χ4n) is 3.86. The maximum absolute atomic E-state index is 2.55. The fourth-order valence-corrected chi connectivity index (χ4v) is 3.86. The normalized spacial score (nSPS) is 29.5. The van der Waals surface area contributed by atoms with Crippen molar-refractivity contribution in [2.45, 2.75) is 51.9 Å². The van der Waals surface area contributed by atoms with Gasteiger partial charge in [0.1, 0.15) is 0 Å². The Labute approximate surface area is 105 Å². The zero-order chi connectivity index (χ0) is 12.2. The van der Waals surface area contributed by atoms with Gasteiger partial charge in [-0.2, -0.15) is 0 Å². The van der Waals surface area contributed by atoms with Gasteiger partial charge in [0.25, 0.3) is 0 Å². The van der Waals surface area contributed by atoms with Crippen molar-refractivity contribution < 1.29 is 0 Å². The van der Waals surface area contributed by atoms with Crippen LogP contribution in [-0.4, -0.2) is 0 Å². The molecule has 90 valence electrons. The van der Waals surface area contributed by atoms with Gasteiger partial charge in [0, 0.05) is 0 Å². The van der Waals surface area contributed by atoms with Gasteiger partial charge >= 0.3 is 0 Å². The first kappa shape index (κ1) is 11.1. The van der Waals surface area contributed by atoms with Crippen LogP contribution in [-0.2, 0) is 5.41 Å². The van der Waals surface area contributed by atoms with E-state index in [9.17, 15) is 0 Å². The first-order valence-corrected chi connectivity index (χ1v) is 6.78. The molecule has 1 aromatic carbocycles. The molecule has 0 saturated carbocycles. The van der Waals surface area contributed by atoms with Gasteiger partial charge in [-0.05, 0) is 55.1 Å². The van der Waals surface area contributed by atoms with Crippen LogP contribution in [0.3, 0.4) is 0 Å². The maximum atomic E-state index is 2.55. The molecule has 0 amide bonds. The monoisotopic (exact) mass is 226 g/mol. The molecule has 17 heavy (non-hydrogen) atoms. The number of rotatable bonds is 0. The minimum atomic E-state index is 0.313. The number of allylic oxidation sites excluding steroid dienone is 2. The van der Waals surface area contributed by atoms with E-state index in [1.165, 1.54) is 18.4 Å². The molecule has 0 aromatic heterocycles. The fraction of sp³-hybridized carbons (Fsp3) is 0.529. The lowest BCUT2D eigenvalue weighted by molar-refractivity contribution is 0.342. The Hall–Kier alpha value is -1.04. The number of hydrogen-bond acceptors (Lipinski definition) is 0. The second-order valence-corrected chi connectivity index (χ2v) is 6.50. The molecule has 2 unspecified atom stereocenters. The summed E-state index contributed by atoms with van der Waals surface area (Å²) in [6.45, 7) is 9.34. The van der Waals surface area contributed by atoms with Crippen LogP contribution < -0.4 is 0 Å². The van der Waals surface area contributed by atoms with E-state index in [-0.39, 0.29) is 0 Å². The van der Waals surface area contributed by atoms with E-state index in [1.807, 2.05) is 0 Å². The van der Waals surface area contributed by atoms with E-state index >= 15 is 0 Å². The summed E-state index contributed by atoms with van der Waals surface area (Å²) < 4.78 is 0. The molecule has 0 aliphatic heterocycles. The lowest BCUT2D eigenvalue weighted by Crippen LogP contribution is -2.26. The van der Waals surface area contributed by atoms with Crippen molar-refractivity contribution >= 4 is 0 Å². The highest BCUT2D eigenvalue weighted by Gasteiger charge is 2.45. The molecule has 0 N–H and O–H groups in total. The van der Waals surface area contributed by atoms with E-state index in [1.54, 1.807) is 16.7 Å². The van der Waals surface area contributed by atoms with Crippen molar-refractivity contribution in [3.63, 3.8) is 0 Å². The van der Waals surface area contributed by atoms with Crippen molar-refractivity contribution in [1.29, 1.82) is 0 Å². The highest BCUT2D eigenvalue weighted by Crippen LogP contribution is 2.55. The minimum absolute atomic E-state index is 0.313. The van der Waals surface area contributed by atoms with Crippen molar-refractivity contribution in [1.82, 2.24) is 0 Å². The van der Waals surface area contributed by atoms with Crippen LogP contribution in [0, 0.1) is 12.8 Å². The molecule has 0 bridgehead atoms. The Morgan fingerprint density at radius 1 is 1.18 bits per heavy atom. The quantitative estimate of drug-likeness (QED) is 0.561. The molecule has 0 radical (unpaired) electrons. The van der Waals surface area contributed by atoms with Crippen LogP contribution in [0.25, 0.3) is 0 Å². The first-order chi connectivity index (χ1) is 8.00. The summed E-state index contributed by atoms with van der Waals surface area (Å²) in [5, 5.41) is 0. The summed E-state index contributed by atoms with van der Waals surface area (Å²) in [5.41, 5.74) is 6.51. The van der Waals surface area contributed by atoms with Gasteiger partial charge in [-0.3, -0.25) is 0 Å². The topological polar surface area (TPSA) is 0 Å². The summed E-state index contributed by atoms with van der Waals surface area (Å²) in [6, 6.07) is 7.07. The highest BCUT2D eigenvalue weighted by molar-refractivity contribution is 5.47. The Morgan fingerprint density at radius 3 is 2.71 bits per heavy atom. The van der Waals surface area contributed by atoms with Gasteiger partial charge in [-0.15, -0.1) is 0 Å². The van der Waals surface area contributed by atoms with Crippen LogP contribution in [0.4, 0.5) is 0 Å². The molecule has 3 rings (SSSR count). The average Bonchev–Trinajstić information content (AvgIpc) is 2.49. The van der Waals surface area contributed by atoms with Crippen molar-refractivity contribution in [2.24, 2.45) is 5.92 Å². The SMILES string of the molecule is CC1=CC2C(CC1)c1ccc(C)cc1C2(C)C. The minimum Gasteiger partial charge on any atom is -0.0810 e. The summed E-state index contributed by atoms with van der Waals surface area (Å²) in [5.74, 6) is 1.48. The van der Waals surface area contributed by atoms with Crippen LogP contribution in [0.1, 0.15) is 56.2 Å². The second kappa shape index (κ2) is 3.48. The van der Waals surface area contributed by atoms with E-state index in [0.29, 0.717) is 11.3 Å². The third-order valence-electron chi connectivity index (χ3n) is 4.88. The molecule has 2 aliphatic carbocycles. The number of benzene rings is 1. The van der Waals surface area contributed by atoms with Gasteiger partial charge < -0.3 is 0 Å². The number of aryl methyl sites for hydroxylation is 1. The van der Waals surface area contributed by atoms with Gasteiger partial charge in [-0.1, -0.05) is 49.3 Å². The Kier molecular flexibility index (Phi) is 2.26. The predicted molar refractivity (Wildman–Crippen MR) is 73.4 cm³/mol. The maximum Gasteiger partial charge on any atom is -0.00319 e. The van der Waals surface area contributed by atoms with E-state index < -0.39 is 0 Å². The molecule has 0 nitrogen and oxygen atoms in total. The molecule has 0 heterocycles. The summed E-state index contributed by atoms with van der Waals surface area (Å²) in [7, 11) is 0. The molecule has 0 fully saturated rings. The molecule has 1 aromatic rings. The zero-order valence-corrected chi connectivity index (χ0v) is 11.4. The Morgan fingerprint density at radius 2 is 1.94 bits per heavy atom. The van der Waals surface area contributed by atoms with E-state index in [2.05, 4.69) is 52.0 Å². The average molecular weight is 226 g/mol. The van der Waals surface area contributed by atoms with Crippen molar-refractivity contribution in [2.75, 3.05) is 0 Å². The van der Waals surface area contributed by atoms with Crippen molar-refractivity contribution in [3.05, 3.63) is 46.5 Å². The number of fused-ring (bicyclic) bond motifs is 3. The van der Waals surface area contributed by atoms with Crippen LogP contribution in [0.5, 0.6) is 0 Å². The molecule has 2 aliphatic rings. The Bertz CT molecular complexity index is 491. The number of hydrogen-bond donors (Lipinski definition) is 0. The zero-order valence-electron chi connectivity index (χ0n) is 11.4. The van der Waals surface area contributed by atoms with Gasteiger partial charge in [0.2, 0.25) is 0 Å². The van der Waals surface area contributed by atoms with Gasteiger partial charge in [0.15, 0.2) is 0 Å². The second-order valence-electron chi connectivity index (χ2n) is 6.50. The highest BCUT2D eigenvalue weighted by atomic mass is 14.5. The van der Waals surface area contributed by atoms with Gasteiger partial charge in [0.05, 0.1) is 0 Å². The standard InChI is InChI=1S/C17H22/c1-11-5-7-13-14-8-6-12(2)10-16(14)17(3,4)15(13)9-11/h5,7,9-10,14,16H,6,8H2,1-4H3. The molecule has 0 heteroatoms. The smallest absolute Gasteiger partial charge is 0.00319 e. The lowest BCUT2D eigenvalue weighted by Gasteiger charge is -2.32. The van der Waals surface area contributed by atoms with E-state index in [4.69, 9.17) is 0 Å². The van der Waals surface area contributed by atoms with Crippen LogP contribution in [0.15, 0.2) is 29.8 Å². The van der Waals surface area contributed by atoms with Crippen molar-refractivity contribution in [3.8, 4) is 0 Å². The molecular weight excluding hydrogens is 204 g/mol. The molecule has 2 atom stereocenters. The van der Waals surface area contributed by atoms with Crippen LogP contribution >= 0.6 is 0 Å². The first-order valence-electron chi connectivity index (χ1n) is 6.78. The lowest BCUT2D eigenvalue weighted by atomic mass is 9.71. The Balaban J connectivity index is 2.18. The molecule has 0 saturated heterocycles. The summed E-state index contributed by atoms with van der Waals surface area (Å²) in [6.07, 6.45) is 5.17. The summed E-state index contributed by atoms with van der Waals surface area (Å²) in [4.78, 5) is 0. The van der Waals surface area contributed by atoms with E-state index in [0.717, 1.165) is 5.92 Å². The van der Waals surface area contributed by atoms with Crippen LogP contribution in [0.2, 0.25) is 0 Å². The molecule has 0 spiro atoms.